The molecule has 2 aliphatic rings. The van der Waals surface area contributed by atoms with E-state index in [4.69, 9.17) is 0 Å². The number of fused-ring (bicyclic) bond motifs is 2. The summed E-state index contributed by atoms with van der Waals surface area (Å²) in [7, 11) is 0. The Morgan fingerprint density at radius 2 is 1.93 bits per heavy atom. The molecule has 80 valence electrons. The second-order valence-corrected chi connectivity index (χ2v) is 5.44. The van der Waals surface area contributed by atoms with Crippen molar-refractivity contribution in [3.63, 3.8) is 0 Å². The molecular formula is C15H20. The van der Waals surface area contributed by atoms with Gasteiger partial charge in [0.25, 0.3) is 0 Å². The summed E-state index contributed by atoms with van der Waals surface area (Å²) < 4.78 is 0. The Kier molecular flexibility index (Phi) is 2.12. The van der Waals surface area contributed by atoms with Gasteiger partial charge in [-0.25, -0.2) is 0 Å². The average molecular weight is 200 g/mol. The van der Waals surface area contributed by atoms with E-state index in [1.165, 1.54) is 38.5 Å². The molecule has 0 radical (unpaired) electrons. The lowest BCUT2D eigenvalue weighted by atomic mass is 9.75. The van der Waals surface area contributed by atoms with Gasteiger partial charge in [-0.2, -0.15) is 0 Å². The van der Waals surface area contributed by atoms with Gasteiger partial charge >= 0.3 is 0 Å². The summed E-state index contributed by atoms with van der Waals surface area (Å²) in [5, 5.41) is 0. The lowest BCUT2D eigenvalue weighted by molar-refractivity contribution is 0.416. The summed E-state index contributed by atoms with van der Waals surface area (Å²) >= 11 is 0. The number of benzene rings is 1. The Morgan fingerprint density at radius 1 is 1.20 bits per heavy atom. The monoisotopic (exact) mass is 200 g/mol. The minimum Gasteiger partial charge on any atom is -0.0620 e. The van der Waals surface area contributed by atoms with Gasteiger partial charge in [0, 0.05) is 0 Å². The van der Waals surface area contributed by atoms with E-state index in [1.54, 1.807) is 11.1 Å². The fourth-order valence-corrected chi connectivity index (χ4v) is 3.92. The molecule has 0 heteroatoms. The lowest BCUT2D eigenvalue weighted by Gasteiger charge is -2.29. The third kappa shape index (κ3) is 1.34. The first-order valence-corrected chi connectivity index (χ1v) is 6.42. The quantitative estimate of drug-likeness (QED) is 0.674. The zero-order valence-electron chi connectivity index (χ0n) is 9.63. The van der Waals surface area contributed by atoms with Gasteiger partial charge in [0.1, 0.15) is 0 Å². The van der Waals surface area contributed by atoms with Crippen molar-refractivity contribution in [3.8, 4) is 0 Å². The summed E-state index contributed by atoms with van der Waals surface area (Å²) in [5.41, 5.74) is 3.88. The molecule has 15 heavy (non-hydrogen) atoms. The van der Waals surface area contributed by atoms with Crippen molar-refractivity contribution in [1.29, 1.82) is 0 Å². The number of hydrogen-bond acceptors (Lipinski definition) is 0. The second kappa shape index (κ2) is 3.37. The Morgan fingerprint density at radius 3 is 2.53 bits per heavy atom. The van der Waals surface area contributed by atoms with E-state index in [-0.39, 0.29) is 0 Å². The molecule has 0 saturated heterocycles. The van der Waals surface area contributed by atoms with Gasteiger partial charge in [0.2, 0.25) is 0 Å². The molecule has 2 saturated carbocycles. The first kappa shape index (κ1) is 9.45. The highest BCUT2D eigenvalue weighted by atomic mass is 14.5. The first-order chi connectivity index (χ1) is 7.34. The molecule has 1 aromatic rings. The van der Waals surface area contributed by atoms with Crippen LogP contribution in [0.1, 0.15) is 50.2 Å². The van der Waals surface area contributed by atoms with Crippen LogP contribution in [0.25, 0.3) is 0 Å². The maximum Gasteiger partial charge on any atom is -0.00414 e. The molecule has 0 aromatic heterocycles. The minimum absolute atomic E-state index is 0.595. The van der Waals surface area contributed by atoms with Crippen molar-refractivity contribution in [2.75, 3.05) is 0 Å². The van der Waals surface area contributed by atoms with Crippen LogP contribution in [0.5, 0.6) is 0 Å². The highest BCUT2D eigenvalue weighted by Crippen LogP contribution is 2.55. The highest BCUT2D eigenvalue weighted by Gasteiger charge is 2.46. The number of aryl methyl sites for hydroxylation is 1. The van der Waals surface area contributed by atoms with E-state index in [0.29, 0.717) is 5.41 Å². The van der Waals surface area contributed by atoms with Crippen LogP contribution in [0.3, 0.4) is 0 Å². The Balaban J connectivity index is 2.04. The van der Waals surface area contributed by atoms with Gasteiger partial charge in [0.15, 0.2) is 0 Å². The van der Waals surface area contributed by atoms with E-state index in [1.807, 2.05) is 0 Å². The summed E-state index contributed by atoms with van der Waals surface area (Å²) in [6, 6.07) is 9.15. The van der Waals surface area contributed by atoms with E-state index in [0.717, 1.165) is 5.92 Å². The first-order valence-electron chi connectivity index (χ1n) is 6.42. The van der Waals surface area contributed by atoms with Gasteiger partial charge in [-0.05, 0) is 61.0 Å². The molecule has 2 bridgehead atoms. The summed E-state index contributed by atoms with van der Waals surface area (Å²) in [6.45, 7) is 2.29. The predicted molar refractivity (Wildman–Crippen MR) is 64.1 cm³/mol. The van der Waals surface area contributed by atoms with Crippen molar-refractivity contribution < 1.29 is 0 Å². The molecule has 0 atom stereocenters. The topological polar surface area (TPSA) is 0 Å². The number of hydrogen-bond donors (Lipinski definition) is 0. The maximum atomic E-state index is 2.40. The van der Waals surface area contributed by atoms with E-state index in [2.05, 4.69) is 31.2 Å². The van der Waals surface area contributed by atoms with Gasteiger partial charge in [0.05, 0.1) is 0 Å². The molecule has 0 nitrogen and oxygen atoms in total. The zero-order chi connectivity index (χ0) is 10.3. The van der Waals surface area contributed by atoms with Crippen molar-refractivity contribution in [2.45, 2.75) is 50.9 Å². The van der Waals surface area contributed by atoms with Crippen molar-refractivity contribution in [2.24, 2.45) is 5.92 Å². The smallest absolute Gasteiger partial charge is 0.00414 e. The zero-order valence-corrected chi connectivity index (χ0v) is 9.63. The van der Waals surface area contributed by atoms with Gasteiger partial charge in [-0.15, -0.1) is 0 Å². The predicted octanol–water partition coefficient (Wildman–Crippen LogP) is 4.08. The lowest BCUT2D eigenvalue weighted by Crippen LogP contribution is -2.21. The highest BCUT2D eigenvalue weighted by molar-refractivity contribution is 5.36. The minimum atomic E-state index is 0.595. The third-order valence-electron chi connectivity index (χ3n) is 4.71. The van der Waals surface area contributed by atoms with Gasteiger partial charge in [-0.1, -0.05) is 31.2 Å². The Hall–Kier alpha value is -0.780. The summed E-state index contributed by atoms with van der Waals surface area (Å²) in [4.78, 5) is 0. The number of rotatable bonds is 2. The third-order valence-corrected chi connectivity index (χ3v) is 4.71. The van der Waals surface area contributed by atoms with Crippen molar-refractivity contribution in [1.82, 2.24) is 0 Å². The summed E-state index contributed by atoms with van der Waals surface area (Å²) in [5.74, 6) is 1.05. The van der Waals surface area contributed by atoms with Crippen LogP contribution >= 0.6 is 0 Å². The average Bonchev–Trinajstić information content (AvgIpc) is 2.90. The fraction of sp³-hybridized carbons (Fsp3) is 0.600. The molecular weight excluding hydrogens is 180 g/mol. The maximum absolute atomic E-state index is 2.40. The van der Waals surface area contributed by atoms with Crippen LogP contribution in [0.2, 0.25) is 0 Å². The van der Waals surface area contributed by atoms with Crippen molar-refractivity contribution in [3.05, 3.63) is 35.4 Å². The van der Waals surface area contributed by atoms with Crippen LogP contribution < -0.4 is 0 Å². The molecule has 0 amide bonds. The Bertz CT molecular complexity index is 356. The molecule has 3 rings (SSSR count). The van der Waals surface area contributed by atoms with E-state index < -0.39 is 0 Å². The largest absolute Gasteiger partial charge is 0.0620 e. The van der Waals surface area contributed by atoms with Crippen LogP contribution in [-0.2, 0) is 11.8 Å². The molecule has 0 spiro atoms. The Labute approximate surface area is 92.7 Å². The van der Waals surface area contributed by atoms with Gasteiger partial charge in [-0.3, -0.25) is 0 Å². The van der Waals surface area contributed by atoms with E-state index in [9.17, 15) is 0 Å². The fourth-order valence-electron chi connectivity index (χ4n) is 3.92. The molecule has 2 fully saturated rings. The van der Waals surface area contributed by atoms with Crippen LogP contribution in [0, 0.1) is 5.92 Å². The van der Waals surface area contributed by atoms with Crippen molar-refractivity contribution >= 4 is 0 Å². The molecule has 2 aliphatic carbocycles. The molecule has 0 aliphatic heterocycles. The normalized spacial score (nSPS) is 33.5. The van der Waals surface area contributed by atoms with Crippen LogP contribution in [0.15, 0.2) is 24.3 Å². The SMILES string of the molecule is CCc1ccccc1C12CCC(CC1)C2. The molecule has 0 N–H and O–H groups in total. The van der Waals surface area contributed by atoms with Gasteiger partial charge < -0.3 is 0 Å². The molecule has 1 aromatic carbocycles. The summed E-state index contributed by atoms with van der Waals surface area (Å²) in [6.07, 6.45) is 8.55. The van der Waals surface area contributed by atoms with Crippen LogP contribution in [0.4, 0.5) is 0 Å². The second-order valence-electron chi connectivity index (χ2n) is 5.44. The van der Waals surface area contributed by atoms with Crippen LogP contribution in [-0.4, -0.2) is 0 Å². The molecule has 0 heterocycles. The molecule has 0 unspecified atom stereocenters. The van der Waals surface area contributed by atoms with E-state index >= 15 is 0 Å². The standard InChI is InChI=1S/C15H20/c1-2-13-5-3-4-6-14(13)15-9-7-12(11-15)8-10-15/h3-6,12H,2,7-11H2,1H3.